The number of hydrogen-bond donors (Lipinski definition) is 0. The third-order valence-electron chi connectivity index (χ3n) is 3.08. The van der Waals surface area contributed by atoms with Crippen LogP contribution >= 0.6 is 0 Å². The van der Waals surface area contributed by atoms with Gasteiger partial charge in [-0.15, -0.1) is 0 Å². The normalized spacial score (nSPS) is 14.9. The Morgan fingerprint density at radius 1 is 1.25 bits per heavy atom. The quantitative estimate of drug-likeness (QED) is 0.619. The van der Waals surface area contributed by atoms with E-state index in [4.69, 9.17) is 0 Å². The summed E-state index contributed by atoms with van der Waals surface area (Å²) in [4.78, 5) is 38.0. The van der Waals surface area contributed by atoms with E-state index in [0.717, 1.165) is 11.3 Å². The Hall–Kier alpha value is -2.37. The molecule has 0 atom stereocenters. The minimum absolute atomic E-state index is 0.103. The van der Waals surface area contributed by atoms with E-state index in [-0.39, 0.29) is 18.5 Å². The number of methoxy groups -OCH3 is 1. The second kappa shape index (κ2) is 5.73. The molecule has 0 saturated carbocycles. The van der Waals surface area contributed by atoms with Gasteiger partial charge in [0.2, 0.25) is 0 Å². The molecule has 1 aromatic rings. The van der Waals surface area contributed by atoms with Gasteiger partial charge in [0.05, 0.1) is 18.4 Å². The summed E-state index contributed by atoms with van der Waals surface area (Å²) >= 11 is 0. The van der Waals surface area contributed by atoms with Crippen molar-refractivity contribution >= 4 is 23.6 Å². The van der Waals surface area contributed by atoms with Crippen LogP contribution in [0, 0.1) is 0 Å². The zero-order valence-corrected chi connectivity index (χ0v) is 11.5. The first-order valence-corrected chi connectivity index (χ1v) is 6.38. The molecule has 1 heterocycles. The molecule has 20 heavy (non-hydrogen) atoms. The SMILES string of the molecule is CCCN1CC(=O)N(c2ccc(C(=O)OC)cc2)C1=O. The number of esters is 1. The van der Waals surface area contributed by atoms with Gasteiger partial charge >= 0.3 is 12.0 Å². The lowest BCUT2D eigenvalue weighted by Gasteiger charge is -2.16. The van der Waals surface area contributed by atoms with Crippen molar-refractivity contribution in [3.05, 3.63) is 29.8 Å². The minimum Gasteiger partial charge on any atom is -0.465 e. The molecule has 1 saturated heterocycles. The van der Waals surface area contributed by atoms with E-state index in [1.807, 2.05) is 6.92 Å². The van der Waals surface area contributed by atoms with E-state index in [9.17, 15) is 14.4 Å². The smallest absolute Gasteiger partial charge is 0.337 e. The van der Waals surface area contributed by atoms with Gasteiger partial charge in [0, 0.05) is 6.54 Å². The third kappa shape index (κ3) is 2.49. The van der Waals surface area contributed by atoms with Crippen LogP contribution in [0.15, 0.2) is 24.3 Å². The molecule has 6 nitrogen and oxygen atoms in total. The van der Waals surface area contributed by atoms with Crippen molar-refractivity contribution in [2.24, 2.45) is 0 Å². The number of anilines is 1. The topological polar surface area (TPSA) is 66.9 Å². The highest BCUT2D eigenvalue weighted by Crippen LogP contribution is 2.22. The number of carbonyl (C=O) groups excluding carboxylic acids is 3. The molecule has 0 aliphatic carbocycles. The van der Waals surface area contributed by atoms with Crippen LogP contribution in [0.4, 0.5) is 10.5 Å². The monoisotopic (exact) mass is 276 g/mol. The molecule has 0 bridgehead atoms. The molecule has 1 fully saturated rings. The van der Waals surface area contributed by atoms with E-state index < -0.39 is 5.97 Å². The van der Waals surface area contributed by atoms with E-state index in [2.05, 4.69) is 4.74 Å². The number of nitrogens with zero attached hydrogens (tertiary/aromatic N) is 2. The highest BCUT2D eigenvalue weighted by Gasteiger charge is 2.36. The molecule has 6 heteroatoms. The summed E-state index contributed by atoms with van der Waals surface area (Å²) in [5.74, 6) is -0.711. The molecule has 0 unspecified atom stereocenters. The highest BCUT2D eigenvalue weighted by molar-refractivity contribution is 6.19. The molecule has 0 radical (unpaired) electrons. The summed E-state index contributed by atoms with van der Waals surface area (Å²) in [5, 5.41) is 0. The number of hydrogen-bond acceptors (Lipinski definition) is 4. The molecule has 3 amide bonds. The molecule has 0 aromatic heterocycles. The zero-order chi connectivity index (χ0) is 14.7. The molecular weight excluding hydrogens is 260 g/mol. The number of urea groups is 1. The first-order valence-electron chi connectivity index (χ1n) is 6.38. The van der Waals surface area contributed by atoms with E-state index in [0.29, 0.717) is 17.8 Å². The van der Waals surface area contributed by atoms with Gasteiger partial charge in [-0.05, 0) is 30.7 Å². The molecule has 0 N–H and O–H groups in total. The number of imide groups is 1. The summed E-state index contributed by atoms with van der Waals surface area (Å²) < 4.78 is 4.60. The fourth-order valence-corrected chi connectivity index (χ4v) is 2.11. The maximum absolute atomic E-state index is 12.1. The van der Waals surface area contributed by atoms with Crippen molar-refractivity contribution in [2.45, 2.75) is 13.3 Å². The van der Waals surface area contributed by atoms with Crippen LogP contribution in [0.5, 0.6) is 0 Å². The first-order chi connectivity index (χ1) is 9.58. The van der Waals surface area contributed by atoms with E-state index >= 15 is 0 Å². The predicted molar refractivity (Wildman–Crippen MR) is 72.5 cm³/mol. The fraction of sp³-hybridized carbons (Fsp3) is 0.357. The summed E-state index contributed by atoms with van der Waals surface area (Å²) in [5.41, 5.74) is 0.840. The second-order valence-electron chi connectivity index (χ2n) is 4.47. The van der Waals surface area contributed by atoms with Crippen LogP contribution in [0.1, 0.15) is 23.7 Å². The van der Waals surface area contributed by atoms with Crippen LogP contribution < -0.4 is 4.90 Å². The molecular formula is C14H16N2O4. The highest BCUT2D eigenvalue weighted by atomic mass is 16.5. The van der Waals surface area contributed by atoms with Gasteiger partial charge in [-0.1, -0.05) is 6.92 Å². The number of rotatable bonds is 4. The van der Waals surface area contributed by atoms with Crippen LogP contribution in [0.2, 0.25) is 0 Å². The fourth-order valence-electron chi connectivity index (χ4n) is 2.11. The third-order valence-corrected chi connectivity index (χ3v) is 3.08. The van der Waals surface area contributed by atoms with Crippen molar-refractivity contribution in [1.29, 1.82) is 0 Å². The van der Waals surface area contributed by atoms with E-state index in [1.54, 1.807) is 12.1 Å². The summed E-state index contributed by atoms with van der Waals surface area (Å²) in [6.07, 6.45) is 0.800. The molecule has 1 aliphatic rings. The standard InChI is InChI=1S/C14H16N2O4/c1-3-8-15-9-12(17)16(14(15)19)11-6-4-10(5-7-11)13(18)20-2/h4-7H,3,8-9H2,1-2H3. The van der Waals surface area contributed by atoms with Crippen LogP contribution in [0.3, 0.4) is 0 Å². The molecule has 1 aliphatic heterocycles. The van der Waals surface area contributed by atoms with Crippen LogP contribution in [-0.2, 0) is 9.53 Å². The van der Waals surface area contributed by atoms with Gasteiger partial charge in [0.15, 0.2) is 0 Å². The van der Waals surface area contributed by atoms with E-state index in [1.165, 1.54) is 24.1 Å². The van der Waals surface area contributed by atoms with Crippen molar-refractivity contribution < 1.29 is 19.1 Å². The Morgan fingerprint density at radius 2 is 1.90 bits per heavy atom. The lowest BCUT2D eigenvalue weighted by Crippen LogP contribution is -2.33. The Bertz CT molecular complexity index is 539. The average molecular weight is 276 g/mol. The van der Waals surface area contributed by atoms with Gasteiger partial charge in [0.1, 0.15) is 6.54 Å². The molecule has 2 rings (SSSR count). The van der Waals surface area contributed by atoms with Crippen molar-refractivity contribution in [3.63, 3.8) is 0 Å². The van der Waals surface area contributed by atoms with Crippen LogP contribution in [0.25, 0.3) is 0 Å². The zero-order valence-electron chi connectivity index (χ0n) is 11.5. The Balaban J connectivity index is 2.21. The van der Waals surface area contributed by atoms with Crippen LogP contribution in [-0.4, -0.2) is 43.0 Å². The number of benzene rings is 1. The van der Waals surface area contributed by atoms with Crippen molar-refractivity contribution in [3.8, 4) is 0 Å². The number of ether oxygens (including phenoxy) is 1. The molecule has 1 aromatic carbocycles. The maximum Gasteiger partial charge on any atom is 0.337 e. The van der Waals surface area contributed by atoms with Gasteiger partial charge in [0.25, 0.3) is 5.91 Å². The van der Waals surface area contributed by atoms with Gasteiger partial charge in [-0.3, -0.25) is 4.79 Å². The Kier molecular flexibility index (Phi) is 4.02. The lowest BCUT2D eigenvalue weighted by atomic mass is 10.2. The summed E-state index contributed by atoms with van der Waals surface area (Å²) in [7, 11) is 1.30. The van der Waals surface area contributed by atoms with Crippen molar-refractivity contribution in [1.82, 2.24) is 4.90 Å². The Labute approximate surface area is 116 Å². The largest absolute Gasteiger partial charge is 0.465 e. The van der Waals surface area contributed by atoms with Gasteiger partial charge in [-0.2, -0.15) is 0 Å². The van der Waals surface area contributed by atoms with Gasteiger partial charge < -0.3 is 9.64 Å². The van der Waals surface area contributed by atoms with Gasteiger partial charge in [-0.25, -0.2) is 14.5 Å². The summed E-state index contributed by atoms with van der Waals surface area (Å²) in [6.45, 7) is 2.61. The number of amides is 3. The lowest BCUT2D eigenvalue weighted by molar-refractivity contribution is -0.116. The molecule has 106 valence electrons. The van der Waals surface area contributed by atoms with Crippen molar-refractivity contribution in [2.75, 3.05) is 25.1 Å². The second-order valence-corrected chi connectivity index (χ2v) is 4.47. The maximum atomic E-state index is 12.1. The predicted octanol–water partition coefficient (Wildman–Crippen LogP) is 1.65. The summed E-state index contributed by atoms with van der Waals surface area (Å²) in [6, 6.07) is 5.88. The molecule has 0 spiro atoms. The minimum atomic E-state index is -0.455. The first kappa shape index (κ1) is 14.0. The number of carbonyl (C=O) groups is 3. The Morgan fingerprint density at radius 3 is 2.45 bits per heavy atom. The average Bonchev–Trinajstić information content (AvgIpc) is 2.73.